The second-order valence-corrected chi connectivity index (χ2v) is 8.93. The lowest BCUT2D eigenvalue weighted by Gasteiger charge is -2.17. The Morgan fingerprint density at radius 3 is 2.52 bits per heavy atom. The molecule has 1 aliphatic rings. The smallest absolute Gasteiger partial charge is 0.270 e. The summed E-state index contributed by atoms with van der Waals surface area (Å²) in [6.07, 6.45) is 1.82. The van der Waals surface area contributed by atoms with Crippen molar-refractivity contribution in [3.8, 4) is 11.5 Å². The van der Waals surface area contributed by atoms with Crippen LogP contribution in [0.4, 0.5) is 11.4 Å². The van der Waals surface area contributed by atoms with Crippen molar-refractivity contribution in [3.63, 3.8) is 0 Å². The van der Waals surface area contributed by atoms with Gasteiger partial charge < -0.3 is 14.4 Å². The monoisotopic (exact) mass is 492 g/mol. The number of hydrogen-bond donors (Lipinski definition) is 0. The van der Waals surface area contributed by atoms with Crippen molar-refractivity contribution in [2.45, 2.75) is 6.92 Å². The van der Waals surface area contributed by atoms with Crippen molar-refractivity contribution in [2.75, 3.05) is 37.6 Å². The third kappa shape index (κ3) is 4.60. The average Bonchev–Trinajstić information content (AvgIpc) is 2.97. The van der Waals surface area contributed by atoms with Crippen LogP contribution in [0.15, 0.2) is 45.8 Å². The van der Waals surface area contributed by atoms with Crippen molar-refractivity contribution in [1.29, 1.82) is 0 Å². The fourth-order valence-electron chi connectivity index (χ4n) is 2.85. The number of amides is 1. The van der Waals surface area contributed by atoms with E-state index in [0.29, 0.717) is 27.3 Å². The highest BCUT2D eigenvalue weighted by molar-refractivity contribution is 9.10. The van der Waals surface area contributed by atoms with Crippen LogP contribution in [0.25, 0.3) is 6.08 Å². The molecule has 3 rings (SSSR count). The number of halogens is 1. The lowest BCUT2D eigenvalue weighted by molar-refractivity contribution is -0.113. The molecule has 1 fully saturated rings. The standard InChI is InChI=1S/C21H21BrN2O3S2/c1-5-27-19-16(22)10-13(11-17(19)26-4)12-18-20(25)24(21(28)29-18)15-8-6-14(7-9-15)23(2)3/h6-12H,5H2,1-4H3/b18-12-. The highest BCUT2D eigenvalue weighted by Crippen LogP contribution is 2.40. The van der Waals surface area contributed by atoms with Crippen LogP contribution < -0.4 is 19.3 Å². The zero-order valence-electron chi connectivity index (χ0n) is 16.6. The predicted octanol–water partition coefficient (Wildman–Crippen LogP) is 5.33. The Kier molecular flexibility index (Phi) is 6.87. The van der Waals surface area contributed by atoms with Gasteiger partial charge in [0.1, 0.15) is 0 Å². The topological polar surface area (TPSA) is 42.0 Å². The van der Waals surface area contributed by atoms with Crippen LogP contribution in [0, 0.1) is 0 Å². The maximum atomic E-state index is 13.0. The summed E-state index contributed by atoms with van der Waals surface area (Å²) in [5.74, 6) is 1.10. The molecule has 0 aromatic heterocycles. The number of hydrogen-bond acceptors (Lipinski definition) is 6. The first-order valence-electron chi connectivity index (χ1n) is 8.91. The van der Waals surface area contributed by atoms with Gasteiger partial charge in [-0.15, -0.1) is 0 Å². The molecule has 0 aliphatic carbocycles. The van der Waals surface area contributed by atoms with Gasteiger partial charge in [0.25, 0.3) is 5.91 Å². The van der Waals surface area contributed by atoms with Crippen molar-refractivity contribution in [3.05, 3.63) is 51.3 Å². The van der Waals surface area contributed by atoms with E-state index in [4.69, 9.17) is 21.7 Å². The van der Waals surface area contributed by atoms with Crippen LogP contribution >= 0.6 is 39.9 Å². The lowest BCUT2D eigenvalue weighted by atomic mass is 10.1. The van der Waals surface area contributed by atoms with Crippen molar-refractivity contribution >= 4 is 67.6 Å². The van der Waals surface area contributed by atoms with E-state index >= 15 is 0 Å². The largest absolute Gasteiger partial charge is 0.493 e. The fourth-order valence-corrected chi connectivity index (χ4v) is 4.72. The molecule has 1 heterocycles. The van der Waals surface area contributed by atoms with Gasteiger partial charge in [0.2, 0.25) is 0 Å². The zero-order chi connectivity index (χ0) is 21.1. The van der Waals surface area contributed by atoms with E-state index in [1.807, 2.05) is 68.4 Å². The van der Waals surface area contributed by atoms with Gasteiger partial charge in [0.15, 0.2) is 15.8 Å². The van der Waals surface area contributed by atoms with Gasteiger partial charge in [-0.1, -0.05) is 24.0 Å². The Morgan fingerprint density at radius 2 is 1.93 bits per heavy atom. The minimum Gasteiger partial charge on any atom is -0.493 e. The Morgan fingerprint density at radius 1 is 1.24 bits per heavy atom. The number of carbonyl (C=O) groups is 1. The minimum absolute atomic E-state index is 0.137. The molecule has 0 saturated carbocycles. The lowest BCUT2D eigenvalue weighted by Crippen LogP contribution is -2.27. The molecule has 152 valence electrons. The van der Waals surface area contributed by atoms with Crippen LogP contribution in [-0.4, -0.2) is 38.0 Å². The summed E-state index contributed by atoms with van der Waals surface area (Å²) in [7, 11) is 5.53. The van der Waals surface area contributed by atoms with Crippen molar-refractivity contribution in [2.24, 2.45) is 0 Å². The van der Waals surface area contributed by atoms with E-state index in [-0.39, 0.29) is 5.91 Å². The van der Waals surface area contributed by atoms with E-state index in [1.54, 1.807) is 12.0 Å². The van der Waals surface area contributed by atoms with E-state index in [1.165, 1.54) is 11.8 Å². The zero-order valence-corrected chi connectivity index (χ0v) is 19.8. The van der Waals surface area contributed by atoms with Gasteiger partial charge in [0, 0.05) is 19.8 Å². The molecule has 0 atom stereocenters. The molecule has 1 amide bonds. The number of rotatable bonds is 6. The molecule has 0 spiro atoms. The number of benzene rings is 2. The number of carbonyl (C=O) groups excluding carboxylic acids is 1. The average molecular weight is 493 g/mol. The Balaban J connectivity index is 1.91. The third-order valence-electron chi connectivity index (χ3n) is 4.26. The normalized spacial score (nSPS) is 15.2. The van der Waals surface area contributed by atoms with Gasteiger partial charge in [0.05, 0.1) is 28.8 Å². The third-order valence-corrected chi connectivity index (χ3v) is 6.15. The number of methoxy groups -OCH3 is 1. The summed E-state index contributed by atoms with van der Waals surface area (Å²) in [5, 5.41) is 0. The molecule has 2 aromatic rings. The molecular formula is C21H21BrN2O3S2. The van der Waals surface area contributed by atoms with Gasteiger partial charge in [-0.3, -0.25) is 9.69 Å². The molecule has 0 N–H and O–H groups in total. The summed E-state index contributed by atoms with van der Waals surface area (Å²) in [4.78, 5) is 17.1. The van der Waals surface area contributed by atoms with E-state index in [2.05, 4.69) is 15.9 Å². The maximum Gasteiger partial charge on any atom is 0.270 e. The number of thioether (sulfide) groups is 1. The van der Waals surface area contributed by atoms with E-state index < -0.39 is 0 Å². The van der Waals surface area contributed by atoms with E-state index in [9.17, 15) is 4.79 Å². The van der Waals surface area contributed by atoms with Crippen LogP contribution in [0.2, 0.25) is 0 Å². The van der Waals surface area contributed by atoms with E-state index in [0.717, 1.165) is 21.4 Å². The number of anilines is 2. The molecule has 8 heteroatoms. The first kappa shape index (κ1) is 21.7. The summed E-state index contributed by atoms with van der Waals surface area (Å²) < 4.78 is 12.3. The van der Waals surface area contributed by atoms with Gasteiger partial charge >= 0.3 is 0 Å². The maximum absolute atomic E-state index is 13.0. The molecule has 5 nitrogen and oxygen atoms in total. The van der Waals surface area contributed by atoms with Crippen LogP contribution in [0.1, 0.15) is 12.5 Å². The molecule has 0 unspecified atom stereocenters. The molecular weight excluding hydrogens is 472 g/mol. The van der Waals surface area contributed by atoms with Crippen LogP contribution in [0.3, 0.4) is 0 Å². The highest BCUT2D eigenvalue weighted by atomic mass is 79.9. The molecule has 29 heavy (non-hydrogen) atoms. The van der Waals surface area contributed by atoms with Crippen LogP contribution in [-0.2, 0) is 4.79 Å². The predicted molar refractivity (Wildman–Crippen MR) is 128 cm³/mol. The SMILES string of the molecule is CCOc1c(Br)cc(/C=C2\SC(=S)N(c3ccc(N(C)C)cc3)C2=O)cc1OC. The fraction of sp³-hybridized carbons (Fsp3) is 0.238. The summed E-state index contributed by atoms with van der Waals surface area (Å²) >= 11 is 10.3. The Labute approximate surface area is 188 Å². The van der Waals surface area contributed by atoms with Gasteiger partial charge in [-0.25, -0.2) is 0 Å². The van der Waals surface area contributed by atoms with Crippen LogP contribution in [0.5, 0.6) is 11.5 Å². The second-order valence-electron chi connectivity index (χ2n) is 6.40. The quantitative estimate of drug-likeness (QED) is 0.401. The first-order chi connectivity index (χ1) is 13.8. The summed E-state index contributed by atoms with van der Waals surface area (Å²) in [5.41, 5.74) is 2.63. The highest BCUT2D eigenvalue weighted by Gasteiger charge is 2.33. The van der Waals surface area contributed by atoms with Gasteiger partial charge in [-0.2, -0.15) is 0 Å². The number of nitrogens with zero attached hydrogens (tertiary/aromatic N) is 2. The number of ether oxygens (including phenoxy) is 2. The summed E-state index contributed by atoms with van der Waals surface area (Å²) in [6.45, 7) is 2.44. The first-order valence-corrected chi connectivity index (χ1v) is 10.9. The molecule has 1 saturated heterocycles. The Hall–Kier alpha value is -2.03. The molecule has 2 aromatic carbocycles. The second kappa shape index (κ2) is 9.19. The van der Waals surface area contributed by atoms with Gasteiger partial charge in [-0.05, 0) is 70.9 Å². The number of thiocarbonyl (C=S) groups is 1. The molecule has 0 radical (unpaired) electrons. The molecule has 1 aliphatic heterocycles. The Bertz CT molecular complexity index is 975. The molecule has 0 bridgehead atoms. The summed E-state index contributed by atoms with van der Waals surface area (Å²) in [6, 6.07) is 11.5. The van der Waals surface area contributed by atoms with Crippen molar-refractivity contribution in [1.82, 2.24) is 0 Å². The minimum atomic E-state index is -0.137. The van der Waals surface area contributed by atoms with Crippen molar-refractivity contribution < 1.29 is 14.3 Å².